The molecule has 6 nitrogen and oxygen atoms in total. The van der Waals surface area contributed by atoms with Gasteiger partial charge in [-0.1, -0.05) is 25.2 Å². The van der Waals surface area contributed by atoms with Crippen LogP contribution < -0.4 is 10.1 Å². The summed E-state index contributed by atoms with van der Waals surface area (Å²) < 4.78 is 5.80. The second-order valence-corrected chi connectivity index (χ2v) is 7.74. The van der Waals surface area contributed by atoms with Crippen LogP contribution >= 0.6 is 11.3 Å². The maximum Gasteiger partial charge on any atom is 0.257 e. The van der Waals surface area contributed by atoms with Gasteiger partial charge < -0.3 is 4.74 Å². The van der Waals surface area contributed by atoms with Crippen LogP contribution in [0.5, 0.6) is 5.75 Å². The highest BCUT2D eigenvalue weighted by molar-refractivity contribution is 7.15. The van der Waals surface area contributed by atoms with E-state index in [2.05, 4.69) is 15.5 Å². The van der Waals surface area contributed by atoms with E-state index in [9.17, 15) is 9.59 Å². The summed E-state index contributed by atoms with van der Waals surface area (Å²) in [5.74, 6) is 0.441. The first-order chi connectivity index (χ1) is 11.2. The number of benzene rings is 1. The van der Waals surface area contributed by atoms with Gasteiger partial charge in [0.25, 0.3) is 5.91 Å². The average molecular weight is 345 g/mol. The molecule has 3 rings (SSSR count). The minimum absolute atomic E-state index is 0.0195. The first kappa shape index (κ1) is 16.6. The first-order valence-corrected chi connectivity index (χ1v) is 8.58. The smallest absolute Gasteiger partial charge is 0.257 e. The molecule has 0 spiro atoms. The van der Waals surface area contributed by atoms with Crippen LogP contribution in [0.15, 0.2) is 18.2 Å². The predicted octanol–water partition coefficient (Wildman–Crippen LogP) is 3.66. The molecule has 7 heteroatoms. The molecule has 1 N–H and O–H groups in total. The van der Waals surface area contributed by atoms with Crippen LogP contribution in [0.25, 0.3) is 0 Å². The van der Waals surface area contributed by atoms with Crippen molar-refractivity contribution in [3.05, 3.63) is 34.3 Å². The van der Waals surface area contributed by atoms with Crippen molar-refractivity contribution in [3.8, 4) is 5.75 Å². The molecule has 0 bridgehead atoms. The Hall–Kier alpha value is -2.28. The van der Waals surface area contributed by atoms with Gasteiger partial charge in [-0.2, -0.15) is 0 Å². The fourth-order valence-corrected chi connectivity index (χ4v) is 3.22. The molecule has 0 atom stereocenters. The number of carbonyl (C=O) groups is 2. The third-order valence-corrected chi connectivity index (χ3v) is 4.81. The zero-order valence-electron chi connectivity index (χ0n) is 14.0. The van der Waals surface area contributed by atoms with Crippen LogP contribution in [-0.2, 0) is 0 Å². The number of carbonyl (C=O) groups excluding carboxylic acids is 2. The van der Waals surface area contributed by atoms with Crippen molar-refractivity contribution in [2.75, 3.05) is 5.32 Å². The number of nitrogens with zero attached hydrogens (tertiary/aromatic N) is 2. The largest absolute Gasteiger partial charge is 0.487 e. The van der Waals surface area contributed by atoms with Crippen LogP contribution in [-0.4, -0.2) is 27.5 Å². The van der Waals surface area contributed by atoms with Gasteiger partial charge in [-0.05, 0) is 32.0 Å². The third-order valence-electron chi connectivity index (χ3n) is 3.67. The second-order valence-electron chi connectivity index (χ2n) is 6.73. The number of rotatable bonds is 3. The Kier molecular flexibility index (Phi) is 4.13. The van der Waals surface area contributed by atoms with Crippen molar-refractivity contribution in [1.29, 1.82) is 0 Å². The Bertz CT molecular complexity index is 811. The van der Waals surface area contributed by atoms with Crippen molar-refractivity contribution < 1.29 is 14.3 Å². The van der Waals surface area contributed by atoms with Gasteiger partial charge in [-0.25, -0.2) is 0 Å². The summed E-state index contributed by atoms with van der Waals surface area (Å²) in [4.78, 5) is 24.7. The van der Waals surface area contributed by atoms with Gasteiger partial charge in [-0.15, -0.1) is 10.2 Å². The normalized spacial score (nSPS) is 15.8. The Balaban J connectivity index is 1.81. The molecule has 126 valence electrons. The molecule has 2 heterocycles. The summed E-state index contributed by atoms with van der Waals surface area (Å²) in [7, 11) is 0. The lowest BCUT2D eigenvalue weighted by molar-refractivity contribution is 0.0620. The monoisotopic (exact) mass is 345 g/mol. The highest BCUT2D eigenvalue weighted by Crippen LogP contribution is 2.33. The van der Waals surface area contributed by atoms with Crippen LogP contribution in [0.4, 0.5) is 5.13 Å². The Morgan fingerprint density at radius 3 is 2.75 bits per heavy atom. The summed E-state index contributed by atoms with van der Waals surface area (Å²) >= 11 is 1.35. The quantitative estimate of drug-likeness (QED) is 0.918. The molecule has 1 aromatic heterocycles. The molecule has 2 aromatic rings. The Morgan fingerprint density at radius 1 is 1.33 bits per heavy atom. The van der Waals surface area contributed by atoms with Gasteiger partial charge in [-0.3, -0.25) is 14.9 Å². The molecule has 0 saturated carbocycles. The SMILES string of the molecule is CC(C)c1nnc(NC(=O)c2ccc3c(c2)C(=O)CC(C)(C)O3)s1. The van der Waals surface area contributed by atoms with E-state index in [1.807, 2.05) is 27.7 Å². The van der Waals surface area contributed by atoms with Gasteiger partial charge in [0, 0.05) is 11.5 Å². The summed E-state index contributed by atoms with van der Waals surface area (Å²) in [5.41, 5.74) is 0.321. The molecule has 0 unspecified atom stereocenters. The van der Waals surface area contributed by atoms with E-state index in [4.69, 9.17) is 4.74 Å². The van der Waals surface area contributed by atoms with Gasteiger partial charge in [0.1, 0.15) is 16.4 Å². The third kappa shape index (κ3) is 3.31. The van der Waals surface area contributed by atoms with Crippen molar-refractivity contribution in [1.82, 2.24) is 10.2 Å². The minimum atomic E-state index is -0.520. The number of nitrogens with one attached hydrogen (secondary N) is 1. The predicted molar refractivity (Wildman–Crippen MR) is 92.0 cm³/mol. The number of anilines is 1. The van der Waals surface area contributed by atoms with Crippen LogP contribution in [0, 0.1) is 0 Å². The second kappa shape index (κ2) is 5.98. The van der Waals surface area contributed by atoms with Gasteiger partial charge in [0.15, 0.2) is 5.78 Å². The van der Waals surface area contributed by atoms with Crippen LogP contribution in [0.3, 0.4) is 0 Å². The molecule has 1 aliphatic heterocycles. The number of Topliss-reactive ketones (excluding diaryl/α,β-unsaturated/α-hetero) is 1. The molecule has 1 amide bonds. The topological polar surface area (TPSA) is 81.2 Å². The van der Waals surface area contributed by atoms with E-state index < -0.39 is 5.60 Å². The lowest BCUT2D eigenvalue weighted by atomic mass is 9.92. The maximum atomic E-state index is 12.4. The summed E-state index contributed by atoms with van der Waals surface area (Å²) in [6.07, 6.45) is 0.291. The maximum absolute atomic E-state index is 12.4. The molecular weight excluding hydrogens is 326 g/mol. The standard InChI is InChI=1S/C17H19N3O3S/c1-9(2)15-19-20-16(24-15)18-14(22)10-5-6-13-11(7-10)12(21)8-17(3,4)23-13/h5-7,9H,8H2,1-4H3,(H,18,20,22). The summed E-state index contributed by atoms with van der Waals surface area (Å²) in [5, 5.41) is 12.0. The molecule has 1 aliphatic rings. The molecule has 0 fully saturated rings. The molecule has 0 saturated heterocycles. The zero-order chi connectivity index (χ0) is 17.5. The van der Waals surface area contributed by atoms with E-state index in [0.29, 0.717) is 28.4 Å². The van der Waals surface area contributed by atoms with E-state index in [1.54, 1.807) is 18.2 Å². The van der Waals surface area contributed by atoms with Crippen LogP contribution in [0.2, 0.25) is 0 Å². The minimum Gasteiger partial charge on any atom is -0.487 e. The van der Waals surface area contributed by atoms with Crippen molar-refractivity contribution in [2.24, 2.45) is 0 Å². The Labute approximate surface area is 144 Å². The van der Waals surface area contributed by atoms with E-state index in [-0.39, 0.29) is 17.6 Å². The fraction of sp³-hybridized carbons (Fsp3) is 0.412. The molecule has 24 heavy (non-hydrogen) atoms. The number of ether oxygens (including phenoxy) is 1. The number of hydrogen-bond acceptors (Lipinski definition) is 6. The van der Waals surface area contributed by atoms with Gasteiger partial charge in [0.05, 0.1) is 12.0 Å². The van der Waals surface area contributed by atoms with Crippen molar-refractivity contribution >= 4 is 28.2 Å². The average Bonchev–Trinajstić information content (AvgIpc) is 2.94. The van der Waals surface area contributed by atoms with Crippen molar-refractivity contribution in [2.45, 2.75) is 45.6 Å². The van der Waals surface area contributed by atoms with Crippen molar-refractivity contribution in [3.63, 3.8) is 0 Å². The molecule has 1 aromatic carbocycles. The molecule has 0 aliphatic carbocycles. The molecular formula is C17H19N3O3S. The van der Waals surface area contributed by atoms with E-state index >= 15 is 0 Å². The summed E-state index contributed by atoms with van der Waals surface area (Å²) in [6, 6.07) is 4.89. The Morgan fingerprint density at radius 2 is 2.08 bits per heavy atom. The molecule has 0 radical (unpaired) electrons. The zero-order valence-corrected chi connectivity index (χ0v) is 14.9. The summed E-state index contributed by atoms with van der Waals surface area (Å²) in [6.45, 7) is 7.78. The highest BCUT2D eigenvalue weighted by Gasteiger charge is 2.32. The number of aromatic nitrogens is 2. The lowest BCUT2D eigenvalue weighted by Gasteiger charge is -2.31. The van der Waals surface area contributed by atoms with E-state index in [0.717, 1.165) is 5.01 Å². The number of ketones is 1. The number of fused-ring (bicyclic) bond motifs is 1. The lowest BCUT2D eigenvalue weighted by Crippen LogP contribution is -2.36. The van der Waals surface area contributed by atoms with Crippen LogP contribution in [0.1, 0.15) is 65.8 Å². The first-order valence-electron chi connectivity index (χ1n) is 7.76. The highest BCUT2D eigenvalue weighted by atomic mass is 32.1. The van der Waals surface area contributed by atoms with Gasteiger partial charge >= 0.3 is 0 Å². The number of amides is 1. The fourth-order valence-electron chi connectivity index (χ4n) is 2.48. The van der Waals surface area contributed by atoms with Gasteiger partial charge in [0.2, 0.25) is 5.13 Å². The van der Waals surface area contributed by atoms with E-state index in [1.165, 1.54) is 11.3 Å². The number of hydrogen-bond donors (Lipinski definition) is 1.